The van der Waals surface area contributed by atoms with E-state index < -0.39 is 0 Å². The van der Waals surface area contributed by atoms with Crippen LogP contribution in [0.1, 0.15) is 41.2 Å². The molecule has 0 bridgehead atoms. The summed E-state index contributed by atoms with van der Waals surface area (Å²) in [7, 11) is 0. The Kier molecular flexibility index (Phi) is 6.89. The average Bonchev–Trinajstić information content (AvgIpc) is 2.47. The Hall–Kier alpha value is -1.87. The minimum Gasteiger partial charge on any atom is -0.488 e. The first-order chi connectivity index (χ1) is 10.1. The third-order valence-corrected chi connectivity index (χ3v) is 2.87. The lowest BCUT2D eigenvalue weighted by molar-refractivity contribution is 0.111. The molecule has 0 aliphatic carbocycles. The lowest BCUT2D eigenvalue weighted by Crippen LogP contribution is -2.00. The molecule has 0 saturated heterocycles. The second-order valence-corrected chi connectivity index (χ2v) is 4.78. The van der Waals surface area contributed by atoms with E-state index >= 15 is 0 Å². The Morgan fingerprint density at radius 3 is 2.33 bits per heavy atom. The van der Waals surface area contributed by atoms with Gasteiger partial charge in [-0.2, -0.15) is 0 Å². The molecule has 2 rings (SSSR count). The van der Waals surface area contributed by atoms with Crippen LogP contribution in [0.3, 0.4) is 0 Å². The highest BCUT2D eigenvalue weighted by molar-refractivity contribution is 6.30. The third-order valence-electron chi connectivity index (χ3n) is 2.63. The van der Waals surface area contributed by atoms with Gasteiger partial charge >= 0.3 is 0 Å². The number of carbonyl (C=O) groups excluding carboxylic acids is 1. The van der Waals surface area contributed by atoms with Gasteiger partial charge in [0.15, 0.2) is 6.29 Å². The number of halogens is 1. The van der Waals surface area contributed by atoms with E-state index in [1.165, 1.54) is 0 Å². The zero-order valence-electron chi connectivity index (χ0n) is 12.8. The molecule has 1 aromatic carbocycles. The predicted molar refractivity (Wildman–Crippen MR) is 86.2 cm³/mol. The molecule has 112 valence electrons. The molecule has 4 heteroatoms. The molecule has 0 atom stereocenters. The quantitative estimate of drug-likeness (QED) is 0.764. The summed E-state index contributed by atoms with van der Waals surface area (Å²) in [6, 6.07) is 8.92. The number of benzene rings is 1. The van der Waals surface area contributed by atoms with Crippen molar-refractivity contribution in [2.75, 3.05) is 0 Å². The van der Waals surface area contributed by atoms with Crippen LogP contribution in [0.4, 0.5) is 0 Å². The van der Waals surface area contributed by atoms with E-state index in [1.807, 2.05) is 39.8 Å². The Bertz CT molecular complexity index is 591. The molecule has 2 aromatic rings. The third kappa shape index (κ3) is 5.20. The van der Waals surface area contributed by atoms with Crippen molar-refractivity contribution in [3.05, 3.63) is 57.9 Å². The molecular formula is C17H20ClNO2. The van der Waals surface area contributed by atoms with E-state index in [1.54, 1.807) is 18.2 Å². The first-order valence-electron chi connectivity index (χ1n) is 6.90. The fraction of sp³-hybridized carbons (Fsp3) is 0.294. The number of hydrogen-bond donors (Lipinski definition) is 0. The molecule has 21 heavy (non-hydrogen) atoms. The van der Waals surface area contributed by atoms with Crippen molar-refractivity contribution in [3.8, 4) is 5.75 Å². The number of aldehydes is 1. The van der Waals surface area contributed by atoms with Gasteiger partial charge in [-0.05, 0) is 49.7 Å². The second-order valence-electron chi connectivity index (χ2n) is 4.35. The fourth-order valence-corrected chi connectivity index (χ4v) is 2.09. The maximum atomic E-state index is 11.0. The number of aryl methyl sites for hydroxylation is 2. The first-order valence-corrected chi connectivity index (χ1v) is 7.28. The van der Waals surface area contributed by atoms with Gasteiger partial charge in [-0.25, -0.2) is 0 Å². The molecule has 0 aliphatic rings. The lowest BCUT2D eigenvalue weighted by atomic mass is 10.2. The molecule has 1 aromatic heterocycles. The Morgan fingerprint density at radius 2 is 1.76 bits per heavy atom. The van der Waals surface area contributed by atoms with Crippen molar-refractivity contribution >= 4 is 17.9 Å². The van der Waals surface area contributed by atoms with Crippen LogP contribution < -0.4 is 4.74 Å². The second kappa shape index (κ2) is 8.42. The Labute approximate surface area is 130 Å². The van der Waals surface area contributed by atoms with Crippen molar-refractivity contribution in [2.45, 2.75) is 34.3 Å². The topological polar surface area (TPSA) is 39.2 Å². The molecule has 0 aliphatic heterocycles. The van der Waals surface area contributed by atoms with Gasteiger partial charge < -0.3 is 4.74 Å². The molecule has 3 nitrogen and oxygen atoms in total. The van der Waals surface area contributed by atoms with Crippen LogP contribution in [0.25, 0.3) is 0 Å². The van der Waals surface area contributed by atoms with Crippen molar-refractivity contribution < 1.29 is 9.53 Å². The summed E-state index contributed by atoms with van der Waals surface area (Å²) in [5.41, 5.74) is 3.38. The number of ether oxygens (including phenoxy) is 1. The first kappa shape index (κ1) is 17.2. The highest BCUT2D eigenvalue weighted by atomic mass is 35.5. The number of hydrogen-bond acceptors (Lipinski definition) is 3. The van der Waals surface area contributed by atoms with Gasteiger partial charge in [-0.3, -0.25) is 9.78 Å². The van der Waals surface area contributed by atoms with Gasteiger partial charge in [0.2, 0.25) is 0 Å². The SMILES string of the molecule is CC.Cc1cc(COc2ccc(Cl)cc2C=O)cc(C)n1. The number of nitrogens with zero attached hydrogens (tertiary/aromatic N) is 1. The van der Waals surface area contributed by atoms with Crippen LogP contribution >= 0.6 is 11.6 Å². The summed E-state index contributed by atoms with van der Waals surface area (Å²) in [5, 5.41) is 0.519. The van der Waals surface area contributed by atoms with Crippen molar-refractivity contribution in [1.82, 2.24) is 4.98 Å². The maximum Gasteiger partial charge on any atom is 0.153 e. The van der Waals surface area contributed by atoms with Gasteiger partial charge in [-0.1, -0.05) is 25.4 Å². The van der Waals surface area contributed by atoms with Gasteiger partial charge in [-0.15, -0.1) is 0 Å². The molecule has 1 heterocycles. The molecule has 0 saturated carbocycles. The molecule has 0 fully saturated rings. The Balaban J connectivity index is 0.00000106. The summed E-state index contributed by atoms with van der Waals surface area (Å²) in [5.74, 6) is 0.534. The summed E-state index contributed by atoms with van der Waals surface area (Å²) in [6.45, 7) is 8.28. The standard InChI is InChI=1S/C15H14ClNO2.C2H6/c1-10-5-12(6-11(2)17-10)9-19-15-4-3-14(16)7-13(15)8-18;1-2/h3-8H,9H2,1-2H3;1-2H3. The van der Waals surface area contributed by atoms with E-state index in [2.05, 4.69) is 4.98 Å². The minimum atomic E-state index is 0.396. The van der Waals surface area contributed by atoms with Crippen molar-refractivity contribution in [3.63, 3.8) is 0 Å². The van der Waals surface area contributed by atoms with E-state index in [4.69, 9.17) is 16.3 Å². The predicted octanol–water partition coefficient (Wildman–Crippen LogP) is 4.77. The molecule has 0 N–H and O–H groups in total. The lowest BCUT2D eigenvalue weighted by Gasteiger charge is -2.09. The van der Waals surface area contributed by atoms with Crippen LogP contribution in [0.15, 0.2) is 30.3 Å². The molecule has 0 unspecified atom stereocenters. The fourth-order valence-electron chi connectivity index (χ4n) is 1.91. The summed E-state index contributed by atoms with van der Waals surface area (Å²) < 4.78 is 5.66. The van der Waals surface area contributed by atoms with Gasteiger partial charge in [0, 0.05) is 16.4 Å². The highest BCUT2D eigenvalue weighted by Crippen LogP contribution is 2.22. The van der Waals surface area contributed by atoms with Gasteiger partial charge in [0.05, 0.1) is 5.56 Å². The molecule has 0 spiro atoms. The average molecular weight is 306 g/mol. The molecule has 0 radical (unpaired) electrons. The van der Waals surface area contributed by atoms with Crippen molar-refractivity contribution in [2.24, 2.45) is 0 Å². The van der Waals surface area contributed by atoms with Crippen LogP contribution in [0.2, 0.25) is 5.02 Å². The number of pyridine rings is 1. The largest absolute Gasteiger partial charge is 0.488 e. The van der Waals surface area contributed by atoms with E-state index in [0.717, 1.165) is 23.2 Å². The van der Waals surface area contributed by atoms with Crippen molar-refractivity contribution in [1.29, 1.82) is 0 Å². The number of rotatable bonds is 4. The van der Waals surface area contributed by atoms with Crippen LogP contribution in [0, 0.1) is 13.8 Å². The molecular weight excluding hydrogens is 286 g/mol. The van der Waals surface area contributed by atoms with E-state index in [-0.39, 0.29) is 0 Å². The molecule has 0 amide bonds. The number of carbonyl (C=O) groups is 1. The van der Waals surface area contributed by atoms with E-state index in [0.29, 0.717) is 22.9 Å². The van der Waals surface area contributed by atoms with Gasteiger partial charge in [0.1, 0.15) is 12.4 Å². The normalized spacial score (nSPS) is 9.57. The smallest absolute Gasteiger partial charge is 0.153 e. The zero-order chi connectivity index (χ0) is 15.8. The van der Waals surface area contributed by atoms with Crippen LogP contribution in [0.5, 0.6) is 5.75 Å². The van der Waals surface area contributed by atoms with Gasteiger partial charge in [0.25, 0.3) is 0 Å². The van der Waals surface area contributed by atoms with Crippen LogP contribution in [-0.2, 0) is 6.61 Å². The summed E-state index contributed by atoms with van der Waals surface area (Å²) >= 11 is 5.83. The van der Waals surface area contributed by atoms with E-state index in [9.17, 15) is 4.79 Å². The van der Waals surface area contributed by atoms with Crippen LogP contribution in [-0.4, -0.2) is 11.3 Å². The monoisotopic (exact) mass is 305 g/mol. The number of aromatic nitrogens is 1. The maximum absolute atomic E-state index is 11.0. The highest BCUT2D eigenvalue weighted by Gasteiger charge is 2.05. The minimum absolute atomic E-state index is 0.396. The summed E-state index contributed by atoms with van der Waals surface area (Å²) in [4.78, 5) is 15.3. The zero-order valence-corrected chi connectivity index (χ0v) is 13.6. The Morgan fingerprint density at radius 1 is 1.14 bits per heavy atom. The summed E-state index contributed by atoms with van der Waals surface area (Å²) in [6.07, 6.45) is 0.740.